The Bertz CT molecular complexity index is 553. The number of ether oxygens (including phenoxy) is 1. The first-order valence-electron chi connectivity index (χ1n) is 6.48. The summed E-state index contributed by atoms with van der Waals surface area (Å²) in [5.74, 6) is -0.202. The van der Waals surface area contributed by atoms with E-state index >= 15 is 0 Å². The Labute approximate surface area is 117 Å². The van der Waals surface area contributed by atoms with Gasteiger partial charge in [0.05, 0.1) is 36.6 Å². The van der Waals surface area contributed by atoms with Crippen molar-refractivity contribution in [3.63, 3.8) is 0 Å². The summed E-state index contributed by atoms with van der Waals surface area (Å²) >= 11 is 0. The van der Waals surface area contributed by atoms with Crippen molar-refractivity contribution >= 4 is 5.91 Å². The highest BCUT2D eigenvalue weighted by Gasteiger charge is 2.30. The molecular weight excluding hydrogens is 258 g/mol. The summed E-state index contributed by atoms with van der Waals surface area (Å²) in [7, 11) is 0. The topological polar surface area (TPSA) is 86.5 Å². The maximum Gasteiger partial charge on any atom is 0.272 e. The molecule has 1 aliphatic heterocycles. The van der Waals surface area contributed by atoms with Crippen LogP contribution in [0, 0.1) is 18.3 Å². The molecule has 0 bridgehead atoms. The summed E-state index contributed by atoms with van der Waals surface area (Å²) in [4.78, 5) is 18.3. The molecule has 1 aromatic heterocycles. The van der Waals surface area contributed by atoms with E-state index in [0.717, 1.165) is 0 Å². The van der Waals surface area contributed by atoms with E-state index in [1.165, 1.54) is 0 Å². The van der Waals surface area contributed by atoms with Crippen molar-refractivity contribution in [3.05, 3.63) is 29.1 Å². The summed E-state index contributed by atoms with van der Waals surface area (Å²) in [6.45, 7) is 4.22. The minimum Gasteiger partial charge on any atom is -0.394 e. The lowest BCUT2D eigenvalue weighted by molar-refractivity contribution is -0.0668. The van der Waals surface area contributed by atoms with Gasteiger partial charge in [0.1, 0.15) is 11.8 Å². The van der Waals surface area contributed by atoms with Crippen molar-refractivity contribution in [2.45, 2.75) is 26.0 Å². The van der Waals surface area contributed by atoms with E-state index in [4.69, 9.17) is 15.1 Å². The van der Waals surface area contributed by atoms with Crippen LogP contribution in [0.5, 0.6) is 0 Å². The highest BCUT2D eigenvalue weighted by molar-refractivity contribution is 5.92. The second-order valence-electron chi connectivity index (χ2n) is 4.89. The van der Waals surface area contributed by atoms with Crippen molar-refractivity contribution in [1.29, 1.82) is 5.26 Å². The van der Waals surface area contributed by atoms with Gasteiger partial charge in [-0.3, -0.25) is 4.79 Å². The zero-order valence-corrected chi connectivity index (χ0v) is 11.5. The molecule has 1 N–H and O–H groups in total. The number of hydrogen-bond donors (Lipinski definition) is 1. The zero-order chi connectivity index (χ0) is 14.7. The van der Waals surface area contributed by atoms with E-state index in [1.807, 2.05) is 13.0 Å². The Hall–Kier alpha value is -1.97. The van der Waals surface area contributed by atoms with Crippen LogP contribution < -0.4 is 0 Å². The summed E-state index contributed by atoms with van der Waals surface area (Å²) < 4.78 is 5.41. The third kappa shape index (κ3) is 2.79. The van der Waals surface area contributed by atoms with Crippen LogP contribution in [0.3, 0.4) is 0 Å². The number of nitrogens with zero attached hydrogens (tertiary/aromatic N) is 3. The van der Waals surface area contributed by atoms with Crippen LogP contribution in [0.2, 0.25) is 0 Å². The number of amides is 1. The van der Waals surface area contributed by atoms with Gasteiger partial charge in [-0.05, 0) is 26.0 Å². The van der Waals surface area contributed by atoms with Crippen LogP contribution in [0.25, 0.3) is 0 Å². The molecule has 0 spiro atoms. The summed E-state index contributed by atoms with van der Waals surface area (Å²) in [5, 5.41) is 18.0. The minimum atomic E-state index is -0.352. The monoisotopic (exact) mass is 275 g/mol. The molecule has 2 heterocycles. The quantitative estimate of drug-likeness (QED) is 0.848. The lowest BCUT2D eigenvalue weighted by Gasteiger charge is -2.37. The van der Waals surface area contributed by atoms with Crippen LogP contribution >= 0.6 is 0 Å². The number of aryl methyl sites for hydroxylation is 1. The molecule has 1 aromatic rings. The van der Waals surface area contributed by atoms with Gasteiger partial charge in [-0.15, -0.1) is 0 Å². The van der Waals surface area contributed by atoms with Crippen molar-refractivity contribution < 1.29 is 14.6 Å². The molecule has 2 atom stereocenters. The van der Waals surface area contributed by atoms with Crippen molar-refractivity contribution in [3.8, 4) is 6.07 Å². The predicted molar refractivity (Wildman–Crippen MR) is 71.0 cm³/mol. The standard InChI is InChI=1S/C14H17N3O3/c1-9-8-20-12(7-18)6-17(9)14(19)13-4-3-11(5-15)10(2)16-13/h3-4,9,12,18H,6-8H2,1-2H3. The molecule has 106 valence electrons. The number of aliphatic hydroxyl groups excluding tert-OH is 1. The third-order valence-corrected chi connectivity index (χ3v) is 3.40. The Morgan fingerprint density at radius 1 is 1.65 bits per heavy atom. The smallest absolute Gasteiger partial charge is 0.272 e. The average Bonchev–Trinajstić information content (AvgIpc) is 2.47. The van der Waals surface area contributed by atoms with E-state index in [0.29, 0.717) is 30.1 Å². The molecule has 0 radical (unpaired) electrons. The maximum absolute atomic E-state index is 12.5. The first-order chi connectivity index (χ1) is 9.56. The number of aliphatic hydroxyl groups is 1. The highest BCUT2D eigenvalue weighted by atomic mass is 16.5. The number of pyridine rings is 1. The molecule has 1 amide bonds. The second kappa shape index (κ2) is 5.99. The fourth-order valence-electron chi connectivity index (χ4n) is 2.16. The number of hydrogen-bond acceptors (Lipinski definition) is 5. The molecule has 1 aliphatic rings. The van der Waals surface area contributed by atoms with Crippen molar-refractivity contribution in [1.82, 2.24) is 9.88 Å². The lowest BCUT2D eigenvalue weighted by Crippen LogP contribution is -2.52. The minimum absolute atomic E-state index is 0.0666. The first-order valence-corrected chi connectivity index (χ1v) is 6.48. The second-order valence-corrected chi connectivity index (χ2v) is 4.89. The van der Waals surface area contributed by atoms with E-state index < -0.39 is 0 Å². The van der Waals surface area contributed by atoms with Crippen molar-refractivity contribution in [2.75, 3.05) is 19.8 Å². The molecule has 2 unspecified atom stereocenters. The van der Waals surface area contributed by atoms with Gasteiger partial charge in [-0.25, -0.2) is 4.98 Å². The van der Waals surface area contributed by atoms with E-state index in [1.54, 1.807) is 24.0 Å². The van der Waals surface area contributed by atoms with Crippen LogP contribution in [0.4, 0.5) is 0 Å². The normalized spacial score (nSPS) is 22.4. The molecule has 6 nitrogen and oxygen atoms in total. The number of rotatable bonds is 2. The lowest BCUT2D eigenvalue weighted by atomic mass is 10.1. The van der Waals surface area contributed by atoms with Gasteiger partial charge in [-0.1, -0.05) is 0 Å². The Morgan fingerprint density at radius 3 is 3.00 bits per heavy atom. The van der Waals surface area contributed by atoms with E-state index in [9.17, 15) is 4.79 Å². The summed E-state index contributed by atoms with van der Waals surface area (Å²) in [6, 6.07) is 5.12. The van der Waals surface area contributed by atoms with Gasteiger partial charge in [0.25, 0.3) is 5.91 Å². The molecule has 20 heavy (non-hydrogen) atoms. The van der Waals surface area contributed by atoms with E-state index in [2.05, 4.69) is 4.98 Å². The highest BCUT2D eigenvalue weighted by Crippen LogP contribution is 2.15. The van der Waals surface area contributed by atoms with Gasteiger partial charge in [0.15, 0.2) is 0 Å². The number of carbonyl (C=O) groups excluding carboxylic acids is 1. The SMILES string of the molecule is Cc1nc(C(=O)N2CC(CO)OCC2C)ccc1C#N. The number of morpholine rings is 1. The maximum atomic E-state index is 12.5. The predicted octanol–water partition coefficient (Wildman–Crippen LogP) is 0.484. The van der Waals surface area contributed by atoms with Crippen LogP contribution in [-0.4, -0.2) is 52.8 Å². The molecule has 1 saturated heterocycles. The van der Waals surface area contributed by atoms with Gasteiger partial charge in [0.2, 0.25) is 0 Å². The number of carbonyl (C=O) groups is 1. The van der Waals surface area contributed by atoms with Gasteiger partial charge in [-0.2, -0.15) is 5.26 Å². The van der Waals surface area contributed by atoms with Crippen LogP contribution in [0.1, 0.15) is 28.7 Å². The van der Waals surface area contributed by atoms with E-state index in [-0.39, 0.29) is 24.7 Å². The zero-order valence-electron chi connectivity index (χ0n) is 11.5. The molecular formula is C14H17N3O3. The molecule has 1 fully saturated rings. The number of nitriles is 1. The van der Waals surface area contributed by atoms with Crippen LogP contribution in [-0.2, 0) is 4.74 Å². The Balaban J connectivity index is 2.22. The molecule has 2 rings (SSSR count). The largest absolute Gasteiger partial charge is 0.394 e. The number of aromatic nitrogens is 1. The molecule has 6 heteroatoms. The van der Waals surface area contributed by atoms with Gasteiger partial charge >= 0.3 is 0 Å². The third-order valence-electron chi connectivity index (χ3n) is 3.40. The Morgan fingerprint density at radius 2 is 2.40 bits per heavy atom. The fraction of sp³-hybridized carbons (Fsp3) is 0.500. The summed E-state index contributed by atoms with van der Waals surface area (Å²) in [5.41, 5.74) is 1.31. The molecule has 0 aliphatic carbocycles. The first kappa shape index (κ1) is 14.4. The van der Waals surface area contributed by atoms with Gasteiger partial charge in [0, 0.05) is 6.54 Å². The fourth-order valence-corrected chi connectivity index (χ4v) is 2.16. The van der Waals surface area contributed by atoms with Crippen molar-refractivity contribution in [2.24, 2.45) is 0 Å². The van der Waals surface area contributed by atoms with Crippen LogP contribution in [0.15, 0.2) is 12.1 Å². The Kier molecular flexibility index (Phi) is 4.32. The molecule has 0 saturated carbocycles. The average molecular weight is 275 g/mol. The summed E-state index contributed by atoms with van der Waals surface area (Å²) in [6.07, 6.45) is -0.352. The molecule has 0 aromatic carbocycles. The van der Waals surface area contributed by atoms with Gasteiger partial charge < -0.3 is 14.7 Å².